The molecule has 27 heavy (non-hydrogen) atoms. The summed E-state index contributed by atoms with van der Waals surface area (Å²) in [7, 11) is 1.20. The maximum Gasteiger partial charge on any atom is 0.413 e. The van der Waals surface area contributed by atoms with Gasteiger partial charge >= 0.3 is 6.09 Å². The number of fused-ring (bicyclic) bond motifs is 1. The predicted molar refractivity (Wildman–Crippen MR) is 104 cm³/mol. The topological polar surface area (TPSA) is 84.5 Å². The number of ether oxygens (including phenoxy) is 1. The van der Waals surface area contributed by atoms with Crippen molar-refractivity contribution in [1.82, 2.24) is 5.32 Å². The van der Waals surface area contributed by atoms with E-state index in [-0.39, 0.29) is 12.3 Å². The molecule has 1 aromatic carbocycles. The minimum Gasteiger partial charge on any atom is -0.453 e. The standard InChI is InChI=1S/C20H22N2O4S/c1-11-7-8-13(12(2)9-11)10-16(23)21-19-17(18(24)22-20(25)26-3)14-5-4-6-15(14)27-19/h7-9H,4-6,10H2,1-3H3,(H,21,23)(H,22,24,25). The van der Waals surface area contributed by atoms with Crippen LogP contribution in [0.3, 0.4) is 0 Å². The number of aryl methyl sites for hydroxylation is 3. The molecule has 0 saturated heterocycles. The summed E-state index contributed by atoms with van der Waals surface area (Å²) >= 11 is 1.41. The lowest BCUT2D eigenvalue weighted by Crippen LogP contribution is -2.31. The van der Waals surface area contributed by atoms with Gasteiger partial charge in [0.15, 0.2) is 0 Å². The quantitative estimate of drug-likeness (QED) is 0.842. The molecule has 0 bridgehead atoms. The molecule has 7 heteroatoms. The molecule has 1 aliphatic rings. The summed E-state index contributed by atoms with van der Waals surface area (Å²) in [5.74, 6) is -0.725. The molecular weight excluding hydrogens is 364 g/mol. The number of amides is 3. The second kappa shape index (κ2) is 7.92. The molecule has 3 rings (SSSR count). The molecule has 0 fully saturated rings. The maximum atomic E-state index is 12.6. The molecular formula is C20H22N2O4S. The van der Waals surface area contributed by atoms with Gasteiger partial charge in [-0.2, -0.15) is 0 Å². The number of hydrogen-bond donors (Lipinski definition) is 2. The van der Waals surface area contributed by atoms with Crippen molar-refractivity contribution < 1.29 is 19.1 Å². The second-order valence-corrected chi connectivity index (χ2v) is 7.77. The molecule has 0 spiro atoms. The molecule has 1 aromatic heterocycles. The first kappa shape index (κ1) is 19.1. The summed E-state index contributed by atoms with van der Waals surface area (Å²) in [4.78, 5) is 37.6. The first-order chi connectivity index (χ1) is 12.9. The van der Waals surface area contributed by atoms with E-state index in [1.807, 2.05) is 32.0 Å². The smallest absolute Gasteiger partial charge is 0.413 e. The first-order valence-corrected chi connectivity index (χ1v) is 9.60. The maximum absolute atomic E-state index is 12.6. The Morgan fingerprint density at radius 3 is 2.67 bits per heavy atom. The number of imide groups is 1. The summed E-state index contributed by atoms with van der Waals surface area (Å²) in [6, 6.07) is 5.96. The van der Waals surface area contributed by atoms with Gasteiger partial charge < -0.3 is 10.1 Å². The highest BCUT2D eigenvalue weighted by molar-refractivity contribution is 7.17. The third-order valence-electron chi connectivity index (χ3n) is 4.65. The van der Waals surface area contributed by atoms with E-state index in [9.17, 15) is 14.4 Å². The molecule has 6 nitrogen and oxygen atoms in total. The van der Waals surface area contributed by atoms with Crippen LogP contribution in [-0.2, 0) is 28.8 Å². The Hall–Kier alpha value is -2.67. The molecule has 2 N–H and O–H groups in total. The molecule has 2 aromatic rings. The van der Waals surface area contributed by atoms with Crippen molar-refractivity contribution in [2.24, 2.45) is 0 Å². The number of alkyl carbamates (subject to hydrolysis) is 1. The summed E-state index contributed by atoms with van der Waals surface area (Å²) in [6.45, 7) is 3.99. The Labute approximate surface area is 161 Å². The van der Waals surface area contributed by atoms with Gasteiger partial charge in [-0.15, -0.1) is 11.3 Å². The SMILES string of the molecule is COC(=O)NC(=O)c1c(NC(=O)Cc2ccc(C)cc2C)sc2c1CCC2. The van der Waals surface area contributed by atoms with Crippen LogP contribution in [0.4, 0.5) is 9.80 Å². The van der Waals surface area contributed by atoms with Crippen molar-refractivity contribution in [1.29, 1.82) is 0 Å². The average Bonchev–Trinajstić information content (AvgIpc) is 3.17. The fourth-order valence-corrected chi connectivity index (χ4v) is 4.63. The first-order valence-electron chi connectivity index (χ1n) is 8.79. The normalized spacial score (nSPS) is 12.4. The fourth-order valence-electron chi connectivity index (χ4n) is 3.33. The Bertz CT molecular complexity index is 917. The number of nitrogens with one attached hydrogen (secondary N) is 2. The van der Waals surface area contributed by atoms with Crippen LogP contribution >= 0.6 is 11.3 Å². The highest BCUT2D eigenvalue weighted by Crippen LogP contribution is 2.39. The van der Waals surface area contributed by atoms with Crippen molar-refractivity contribution in [3.05, 3.63) is 50.9 Å². The van der Waals surface area contributed by atoms with Crippen LogP contribution in [0.2, 0.25) is 0 Å². The van der Waals surface area contributed by atoms with Crippen LogP contribution in [0.5, 0.6) is 0 Å². The van der Waals surface area contributed by atoms with Gasteiger partial charge in [0.2, 0.25) is 5.91 Å². The van der Waals surface area contributed by atoms with Crippen molar-refractivity contribution in [2.75, 3.05) is 12.4 Å². The van der Waals surface area contributed by atoms with E-state index in [0.717, 1.165) is 46.4 Å². The summed E-state index contributed by atoms with van der Waals surface area (Å²) < 4.78 is 4.51. The number of hydrogen-bond acceptors (Lipinski definition) is 5. The largest absolute Gasteiger partial charge is 0.453 e. The Balaban J connectivity index is 1.81. The van der Waals surface area contributed by atoms with E-state index >= 15 is 0 Å². The summed E-state index contributed by atoms with van der Waals surface area (Å²) in [6.07, 6.45) is 2.03. The van der Waals surface area contributed by atoms with Gasteiger partial charge in [-0.05, 0) is 49.8 Å². The molecule has 0 saturated carbocycles. The number of rotatable bonds is 4. The minimum absolute atomic E-state index is 0.186. The number of benzene rings is 1. The lowest BCUT2D eigenvalue weighted by Gasteiger charge is -2.10. The molecule has 1 heterocycles. The van der Waals surface area contributed by atoms with Gasteiger partial charge in [0, 0.05) is 4.88 Å². The number of anilines is 1. The van der Waals surface area contributed by atoms with E-state index in [4.69, 9.17) is 0 Å². The van der Waals surface area contributed by atoms with Crippen LogP contribution in [-0.4, -0.2) is 25.0 Å². The van der Waals surface area contributed by atoms with Crippen LogP contribution in [0.1, 0.15) is 43.9 Å². The zero-order valence-corrected chi connectivity index (χ0v) is 16.4. The molecule has 3 amide bonds. The third kappa shape index (κ3) is 4.19. The highest BCUT2D eigenvalue weighted by atomic mass is 32.1. The fraction of sp³-hybridized carbons (Fsp3) is 0.350. The van der Waals surface area contributed by atoms with Crippen LogP contribution < -0.4 is 10.6 Å². The van der Waals surface area contributed by atoms with Crippen molar-refractivity contribution in [3.8, 4) is 0 Å². The van der Waals surface area contributed by atoms with Gasteiger partial charge in [0.05, 0.1) is 19.1 Å². The van der Waals surface area contributed by atoms with Gasteiger partial charge in [-0.3, -0.25) is 14.9 Å². The average molecular weight is 386 g/mol. The predicted octanol–water partition coefficient (Wildman–Crippen LogP) is 3.53. The molecule has 0 radical (unpaired) electrons. The van der Waals surface area contributed by atoms with E-state index in [2.05, 4.69) is 15.4 Å². The minimum atomic E-state index is -0.814. The van der Waals surface area contributed by atoms with Crippen LogP contribution in [0.15, 0.2) is 18.2 Å². The van der Waals surface area contributed by atoms with E-state index in [1.165, 1.54) is 18.4 Å². The number of carbonyl (C=O) groups excluding carboxylic acids is 3. The van der Waals surface area contributed by atoms with E-state index in [1.54, 1.807) is 0 Å². The van der Waals surface area contributed by atoms with Crippen molar-refractivity contribution in [3.63, 3.8) is 0 Å². The molecule has 0 unspecified atom stereocenters. The Morgan fingerprint density at radius 2 is 1.96 bits per heavy atom. The Kier molecular flexibility index (Phi) is 5.60. The third-order valence-corrected chi connectivity index (χ3v) is 5.86. The molecule has 0 atom stereocenters. The van der Waals surface area contributed by atoms with Crippen molar-refractivity contribution >= 4 is 34.2 Å². The number of thiophene rings is 1. The number of carbonyl (C=O) groups is 3. The zero-order valence-electron chi connectivity index (χ0n) is 15.6. The molecule has 0 aliphatic heterocycles. The molecule has 142 valence electrons. The van der Waals surface area contributed by atoms with E-state index in [0.29, 0.717) is 10.6 Å². The summed E-state index contributed by atoms with van der Waals surface area (Å²) in [5.41, 5.74) is 4.45. The van der Waals surface area contributed by atoms with Crippen molar-refractivity contribution in [2.45, 2.75) is 39.5 Å². The monoisotopic (exact) mass is 386 g/mol. The van der Waals surface area contributed by atoms with Gasteiger partial charge in [0.1, 0.15) is 5.00 Å². The van der Waals surface area contributed by atoms with E-state index < -0.39 is 12.0 Å². The summed E-state index contributed by atoms with van der Waals surface area (Å²) in [5, 5.41) is 5.56. The Morgan fingerprint density at radius 1 is 1.19 bits per heavy atom. The highest BCUT2D eigenvalue weighted by Gasteiger charge is 2.28. The van der Waals surface area contributed by atoms with Gasteiger partial charge in [0.25, 0.3) is 5.91 Å². The van der Waals surface area contributed by atoms with Crippen LogP contribution in [0.25, 0.3) is 0 Å². The molecule has 1 aliphatic carbocycles. The lowest BCUT2D eigenvalue weighted by atomic mass is 10.0. The lowest BCUT2D eigenvalue weighted by molar-refractivity contribution is -0.115. The second-order valence-electron chi connectivity index (χ2n) is 6.66. The number of methoxy groups -OCH3 is 1. The van der Waals surface area contributed by atoms with Gasteiger partial charge in [-0.1, -0.05) is 23.8 Å². The van der Waals surface area contributed by atoms with Gasteiger partial charge in [-0.25, -0.2) is 4.79 Å². The van der Waals surface area contributed by atoms with Crippen LogP contribution in [0, 0.1) is 13.8 Å². The zero-order chi connectivity index (χ0) is 19.6.